The van der Waals surface area contributed by atoms with E-state index in [9.17, 15) is 33.6 Å². The van der Waals surface area contributed by atoms with Crippen molar-refractivity contribution in [1.82, 2.24) is 36.9 Å². The molecule has 302 valence electrons. The van der Waals surface area contributed by atoms with Crippen molar-refractivity contribution < 1.29 is 33.6 Å². The number of aromatic nitrogens is 1. The lowest BCUT2D eigenvalue weighted by Crippen LogP contribution is -2.62. The van der Waals surface area contributed by atoms with Crippen molar-refractivity contribution in [3.8, 4) is 0 Å². The minimum atomic E-state index is -1.53. The zero-order chi connectivity index (χ0) is 40.9. The molecule has 2 heterocycles. The Morgan fingerprint density at radius 1 is 0.643 bits per heavy atom. The number of H-pyrrole nitrogens is 1. The molecule has 1 aliphatic heterocycles. The maximum Gasteiger partial charge on any atom is 0.243 e. The summed E-state index contributed by atoms with van der Waals surface area (Å²) in [6.07, 6.45) is 1.76. The Labute approximate surface area is 326 Å². The Bertz CT molecular complexity index is 1860. The first-order valence-corrected chi connectivity index (χ1v) is 19.1. The number of fused-ring (bicyclic) bond motifs is 1. The smallest absolute Gasteiger partial charge is 0.243 e. The first-order valence-electron chi connectivity index (χ1n) is 19.1. The maximum atomic E-state index is 14.4. The molecule has 0 bridgehead atoms. The lowest BCUT2D eigenvalue weighted by atomic mass is 9.98. The van der Waals surface area contributed by atoms with Gasteiger partial charge in [-0.15, -0.1) is 0 Å². The second-order valence-corrected chi connectivity index (χ2v) is 15.0. The molecule has 4 rings (SSSR count). The Balaban J connectivity index is 1.81. The molecule has 16 nitrogen and oxygen atoms in total. The van der Waals surface area contributed by atoms with Gasteiger partial charge >= 0.3 is 0 Å². The summed E-state index contributed by atoms with van der Waals surface area (Å²) in [6.45, 7) is 7.32. The van der Waals surface area contributed by atoms with Gasteiger partial charge in [0.05, 0.1) is 6.42 Å². The third kappa shape index (κ3) is 12.1. The summed E-state index contributed by atoms with van der Waals surface area (Å²) in [5.41, 5.74) is 13.5. The zero-order valence-corrected chi connectivity index (χ0v) is 32.4. The first kappa shape index (κ1) is 43.0. The van der Waals surface area contributed by atoms with Crippen LogP contribution < -0.4 is 43.4 Å². The van der Waals surface area contributed by atoms with Crippen LogP contribution in [0.1, 0.15) is 64.5 Å². The quantitative estimate of drug-likeness (QED) is 0.123. The summed E-state index contributed by atoms with van der Waals surface area (Å²) < 4.78 is 0. The van der Waals surface area contributed by atoms with E-state index in [0.29, 0.717) is 17.5 Å². The van der Waals surface area contributed by atoms with Crippen molar-refractivity contribution in [2.45, 2.75) is 102 Å². The number of primary amides is 1. The Kier molecular flexibility index (Phi) is 15.5. The van der Waals surface area contributed by atoms with Crippen molar-refractivity contribution >= 4 is 52.3 Å². The lowest BCUT2D eigenvalue weighted by Gasteiger charge is -2.30. The van der Waals surface area contributed by atoms with Gasteiger partial charge in [0, 0.05) is 29.9 Å². The average molecular weight is 774 g/mol. The molecular weight excluding hydrogens is 718 g/mol. The summed E-state index contributed by atoms with van der Waals surface area (Å²) in [7, 11) is 0. The third-order valence-corrected chi connectivity index (χ3v) is 9.60. The highest BCUT2D eigenvalue weighted by Gasteiger charge is 2.36. The van der Waals surface area contributed by atoms with Gasteiger partial charge in [-0.25, -0.2) is 0 Å². The van der Waals surface area contributed by atoms with Crippen molar-refractivity contribution in [1.29, 1.82) is 0 Å². The van der Waals surface area contributed by atoms with E-state index in [2.05, 4.69) is 36.9 Å². The number of hydrogen-bond donors (Lipinski definition) is 9. The largest absolute Gasteiger partial charge is 0.370 e. The number of nitrogens with one attached hydrogen (secondary N) is 7. The summed E-state index contributed by atoms with van der Waals surface area (Å²) in [5, 5.41) is 17.1. The molecule has 0 saturated carbocycles. The van der Waals surface area contributed by atoms with E-state index in [0.717, 1.165) is 10.9 Å². The fourth-order valence-electron chi connectivity index (χ4n) is 6.63. The van der Waals surface area contributed by atoms with Crippen molar-refractivity contribution in [2.24, 2.45) is 23.3 Å². The van der Waals surface area contributed by atoms with Gasteiger partial charge in [-0.2, -0.15) is 0 Å². The summed E-state index contributed by atoms with van der Waals surface area (Å²) in [6, 6.07) is 8.75. The molecule has 0 aliphatic carbocycles. The number of carbonyl (C=O) groups is 7. The van der Waals surface area contributed by atoms with Gasteiger partial charge in [0.15, 0.2) is 0 Å². The highest BCUT2D eigenvalue weighted by atomic mass is 16.2. The number of hydrogen-bond acceptors (Lipinski definition) is 8. The molecule has 0 radical (unpaired) electrons. The maximum absolute atomic E-state index is 14.4. The summed E-state index contributed by atoms with van der Waals surface area (Å²) in [4.78, 5) is 99.5. The van der Waals surface area contributed by atoms with Crippen LogP contribution in [0.15, 0.2) is 60.8 Å². The Hall–Kier alpha value is -5.77. The summed E-state index contributed by atoms with van der Waals surface area (Å²) >= 11 is 0. The van der Waals surface area contributed by atoms with Gasteiger partial charge in [-0.3, -0.25) is 33.6 Å². The molecule has 1 aliphatic rings. The van der Waals surface area contributed by atoms with Gasteiger partial charge in [0.2, 0.25) is 41.4 Å². The van der Waals surface area contributed by atoms with Gasteiger partial charge in [0.1, 0.15) is 36.3 Å². The van der Waals surface area contributed by atoms with E-state index < -0.39 is 89.9 Å². The molecule has 1 aromatic heterocycles. The van der Waals surface area contributed by atoms with Crippen molar-refractivity contribution in [3.63, 3.8) is 0 Å². The molecule has 7 amide bonds. The Morgan fingerprint density at radius 3 is 1.80 bits per heavy atom. The average Bonchev–Trinajstić information content (AvgIpc) is 3.56. The van der Waals surface area contributed by atoms with Gasteiger partial charge < -0.3 is 48.4 Å². The molecule has 11 N–H and O–H groups in total. The predicted octanol–water partition coefficient (Wildman–Crippen LogP) is 0.192. The van der Waals surface area contributed by atoms with Crippen LogP contribution in [-0.2, 0) is 46.4 Å². The molecule has 1 saturated heterocycles. The molecule has 3 aromatic rings. The normalized spacial score (nSPS) is 23.3. The van der Waals surface area contributed by atoms with Crippen LogP contribution in [0.4, 0.5) is 0 Å². The van der Waals surface area contributed by atoms with Crippen LogP contribution >= 0.6 is 0 Å². The minimum absolute atomic E-state index is 0.00207. The molecule has 2 aromatic carbocycles. The van der Waals surface area contributed by atoms with Crippen LogP contribution in [0.3, 0.4) is 0 Å². The molecular formula is C40H55N9O7. The van der Waals surface area contributed by atoms with E-state index in [1.165, 1.54) is 0 Å². The number of aromatic amines is 1. The first-order chi connectivity index (χ1) is 26.7. The van der Waals surface area contributed by atoms with Gasteiger partial charge in [0.25, 0.3) is 0 Å². The number of benzene rings is 2. The fourth-order valence-corrected chi connectivity index (χ4v) is 6.63. The second-order valence-electron chi connectivity index (χ2n) is 15.0. The van der Waals surface area contributed by atoms with E-state index in [1.54, 1.807) is 50.4 Å². The number of para-hydroxylation sites is 1. The van der Waals surface area contributed by atoms with Crippen LogP contribution in [0.25, 0.3) is 10.9 Å². The van der Waals surface area contributed by atoms with Crippen LogP contribution in [0, 0.1) is 11.8 Å². The molecule has 16 heteroatoms. The highest BCUT2D eigenvalue weighted by Crippen LogP contribution is 2.20. The number of carbonyl (C=O) groups excluding carboxylic acids is 7. The molecule has 6 atom stereocenters. The van der Waals surface area contributed by atoms with Gasteiger partial charge in [-0.05, 0) is 54.8 Å². The van der Waals surface area contributed by atoms with E-state index in [-0.39, 0.29) is 38.1 Å². The molecule has 56 heavy (non-hydrogen) atoms. The number of nitrogens with two attached hydrogens (primary N) is 2. The van der Waals surface area contributed by atoms with Crippen molar-refractivity contribution in [3.05, 3.63) is 71.9 Å². The zero-order valence-electron chi connectivity index (χ0n) is 32.4. The highest BCUT2D eigenvalue weighted by molar-refractivity contribution is 5.99. The Morgan fingerprint density at radius 2 is 1.18 bits per heavy atom. The lowest BCUT2D eigenvalue weighted by molar-refractivity contribution is -0.137. The predicted molar refractivity (Wildman–Crippen MR) is 210 cm³/mol. The number of rotatable bonds is 12. The van der Waals surface area contributed by atoms with E-state index in [1.807, 2.05) is 38.1 Å². The van der Waals surface area contributed by atoms with Gasteiger partial charge in [-0.1, -0.05) is 76.2 Å². The van der Waals surface area contributed by atoms with Crippen LogP contribution in [0.2, 0.25) is 0 Å². The number of amides is 7. The second kappa shape index (κ2) is 20.2. The molecule has 0 spiro atoms. The standard InChI is InChI=1S/C40H55N9O7/c1-22(2)17-29-36(52)47-31(19-25-21-43-27-14-9-8-13-26(25)27)38(54)46-30(18-24-11-6-5-7-12-24)37(53)48-32(20-33(42)50)39(55)49-34(23(3)4)40(56)44-28(15-10-16-41)35(51)45-29/h5-9,11-14,21-23,28-32,34,43H,10,15-20,41H2,1-4H3,(H2,42,50)(H,44,56)(H,45,51)(H,46,54)(H,47,52)(H,48,53)(H,49,55)/t28-,29-,30+,31-,32-,34-/m0/s1. The SMILES string of the molecule is CC(C)C[C@@H]1NC(=O)[C@H](CCCN)NC(=O)[C@H](C(C)C)NC(=O)[C@H](CC(N)=O)NC(=O)[C@@H](Cc2ccccc2)NC(=O)[C@H](Cc2c[nH]c3ccccc23)NC1=O. The van der Waals surface area contributed by atoms with E-state index >= 15 is 0 Å². The molecule has 0 unspecified atom stereocenters. The third-order valence-electron chi connectivity index (χ3n) is 9.60. The van der Waals surface area contributed by atoms with Crippen molar-refractivity contribution in [2.75, 3.05) is 6.54 Å². The topological polar surface area (TPSA) is 260 Å². The monoisotopic (exact) mass is 773 g/mol. The van der Waals surface area contributed by atoms with Crippen LogP contribution in [0.5, 0.6) is 0 Å². The fraction of sp³-hybridized carbons (Fsp3) is 0.475. The molecule has 1 fully saturated rings. The minimum Gasteiger partial charge on any atom is -0.370 e. The van der Waals surface area contributed by atoms with E-state index in [4.69, 9.17) is 11.5 Å². The summed E-state index contributed by atoms with van der Waals surface area (Å²) in [5.74, 6) is -5.87. The van der Waals surface area contributed by atoms with Crippen LogP contribution in [-0.4, -0.2) is 89.1 Å².